The van der Waals surface area contributed by atoms with Crippen molar-refractivity contribution in [1.29, 1.82) is 0 Å². The van der Waals surface area contributed by atoms with Crippen LogP contribution in [0.3, 0.4) is 0 Å². The van der Waals surface area contributed by atoms with Crippen LogP contribution in [0.5, 0.6) is 11.5 Å². The van der Waals surface area contributed by atoms with Crippen molar-refractivity contribution < 1.29 is 23.4 Å². The van der Waals surface area contributed by atoms with E-state index in [4.69, 9.17) is 19.3 Å². The first-order chi connectivity index (χ1) is 17.9. The Morgan fingerprint density at radius 3 is 2.73 bits per heavy atom. The molecule has 0 amide bonds. The fourth-order valence-corrected chi connectivity index (χ4v) is 5.24. The van der Waals surface area contributed by atoms with Crippen molar-refractivity contribution in [2.24, 2.45) is 0 Å². The van der Waals surface area contributed by atoms with Crippen molar-refractivity contribution in [3.8, 4) is 11.5 Å². The minimum atomic E-state index is -0.622. The first-order valence-corrected chi connectivity index (χ1v) is 13.6. The van der Waals surface area contributed by atoms with E-state index < -0.39 is 12.0 Å². The van der Waals surface area contributed by atoms with Crippen LogP contribution in [-0.2, 0) is 16.1 Å². The number of aromatic nitrogens is 3. The minimum Gasteiger partial charge on any atom is -0.490 e. The molecule has 0 spiro atoms. The molecular formula is C26H28BrFN4O4S. The van der Waals surface area contributed by atoms with Gasteiger partial charge in [-0.25, -0.2) is 13.9 Å². The fraction of sp³-hybridized carbons (Fsp3) is 0.346. The van der Waals surface area contributed by atoms with Crippen molar-refractivity contribution in [3.63, 3.8) is 0 Å². The quantitative estimate of drug-likeness (QED) is 0.223. The standard InChI is InChI=1S/C26H28BrFN4O4S/c1-5-11-37-26-30-25-29-15(3)21(24(33)34-4)22(32(25)31-26)17-12-18(27)23(20(13-17)35-6-2)36-14-16-9-7-8-10-19(16)28/h7-10,12-13,22H,5-6,11,14H2,1-4H3,(H,29,30,31). The molecule has 196 valence electrons. The number of halogens is 2. The SMILES string of the molecule is CCCSc1nc2n(n1)C(c1cc(Br)c(OCc3ccccc3F)c(OCC)c1)C(C(=O)OC)=C(C)N2. The van der Waals surface area contributed by atoms with Gasteiger partial charge in [0.2, 0.25) is 11.1 Å². The van der Waals surface area contributed by atoms with Gasteiger partial charge >= 0.3 is 5.97 Å². The lowest BCUT2D eigenvalue weighted by Gasteiger charge is -2.28. The Labute approximate surface area is 227 Å². The van der Waals surface area contributed by atoms with Crippen LogP contribution in [0.15, 0.2) is 57.3 Å². The highest BCUT2D eigenvalue weighted by Gasteiger charge is 2.36. The van der Waals surface area contributed by atoms with E-state index >= 15 is 0 Å². The number of carbonyl (C=O) groups is 1. The topological polar surface area (TPSA) is 87.5 Å². The summed E-state index contributed by atoms with van der Waals surface area (Å²) in [4.78, 5) is 17.5. The minimum absolute atomic E-state index is 0.0235. The van der Waals surface area contributed by atoms with Crippen molar-refractivity contribution in [2.45, 2.75) is 45.0 Å². The number of hydrogen-bond donors (Lipinski definition) is 1. The molecule has 0 radical (unpaired) electrons. The number of methoxy groups -OCH3 is 1. The van der Waals surface area contributed by atoms with Crippen LogP contribution in [0, 0.1) is 5.82 Å². The van der Waals surface area contributed by atoms with E-state index in [2.05, 4.69) is 33.2 Å². The number of thioether (sulfide) groups is 1. The van der Waals surface area contributed by atoms with Crippen LogP contribution in [0.1, 0.15) is 44.4 Å². The van der Waals surface area contributed by atoms with Gasteiger partial charge in [0.25, 0.3) is 0 Å². The third kappa shape index (κ3) is 5.77. The molecule has 1 N–H and O–H groups in total. The van der Waals surface area contributed by atoms with E-state index in [0.717, 1.165) is 12.2 Å². The van der Waals surface area contributed by atoms with Gasteiger partial charge in [-0.2, -0.15) is 4.98 Å². The average Bonchev–Trinajstić information content (AvgIpc) is 3.28. The highest BCUT2D eigenvalue weighted by atomic mass is 79.9. The predicted molar refractivity (Wildman–Crippen MR) is 144 cm³/mol. The normalized spacial score (nSPS) is 14.7. The molecule has 2 heterocycles. The van der Waals surface area contributed by atoms with E-state index in [-0.39, 0.29) is 12.4 Å². The maximum Gasteiger partial charge on any atom is 0.338 e. The van der Waals surface area contributed by atoms with Gasteiger partial charge in [-0.1, -0.05) is 36.9 Å². The number of carbonyl (C=O) groups excluding carboxylic acids is 1. The van der Waals surface area contributed by atoms with E-state index in [1.165, 1.54) is 13.2 Å². The van der Waals surface area contributed by atoms with E-state index in [1.807, 2.05) is 19.1 Å². The van der Waals surface area contributed by atoms with Crippen LogP contribution >= 0.6 is 27.7 Å². The molecular weight excluding hydrogens is 563 g/mol. The first-order valence-electron chi connectivity index (χ1n) is 11.9. The number of nitrogens with zero attached hydrogens (tertiary/aromatic N) is 3. The van der Waals surface area contributed by atoms with Gasteiger partial charge in [0.1, 0.15) is 18.5 Å². The highest BCUT2D eigenvalue weighted by molar-refractivity contribution is 9.10. The van der Waals surface area contributed by atoms with Gasteiger partial charge in [-0.3, -0.25) is 0 Å². The molecule has 37 heavy (non-hydrogen) atoms. The number of anilines is 1. The summed E-state index contributed by atoms with van der Waals surface area (Å²) < 4.78 is 33.5. The second kappa shape index (κ2) is 12.0. The number of benzene rings is 2. The van der Waals surface area contributed by atoms with Crippen LogP contribution in [-0.4, -0.2) is 40.2 Å². The summed E-state index contributed by atoms with van der Waals surface area (Å²) >= 11 is 5.15. The zero-order chi connectivity index (χ0) is 26.5. The molecule has 0 fully saturated rings. The summed E-state index contributed by atoms with van der Waals surface area (Å²) in [5, 5.41) is 8.49. The van der Waals surface area contributed by atoms with Crippen molar-refractivity contribution in [1.82, 2.24) is 14.8 Å². The predicted octanol–water partition coefficient (Wildman–Crippen LogP) is 6.12. The Bertz CT molecular complexity index is 1330. The number of nitrogens with one attached hydrogen (secondary N) is 1. The summed E-state index contributed by atoms with van der Waals surface area (Å²) in [6.45, 7) is 6.16. The molecule has 1 aliphatic heterocycles. The molecule has 4 rings (SSSR count). The molecule has 0 bridgehead atoms. The number of fused-ring (bicyclic) bond motifs is 1. The van der Waals surface area contributed by atoms with Crippen molar-refractivity contribution in [2.75, 3.05) is 24.8 Å². The number of allylic oxidation sites excluding steroid dienone is 1. The number of ether oxygens (including phenoxy) is 3. The van der Waals surface area contributed by atoms with Gasteiger partial charge in [-0.15, -0.1) is 5.10 Å². The Hall–Kier alpha value is -3.05. The van der Waals surface area contributed by atoms with Crippen LogP contribution in [0.25, 0.3) is 0 Å². The Morgan fingerprint density at radius 1 is 1.24 bits per heavy atom. The third-order valence-electron chi connectivity index (χ3n) is 5.65. The second-order valence-electron chi connectivity index (χ2n) is 8.21. The Kier molecular flexibility index (Phi) is 8.75. The van der Waals surface area contributed by atoms with Crippen molar-refractivity contribution >= 4 is 39.6 Å². The van der Waals surface area contributed by atoms with Gasteiger partial charge in [0, 0.05) is 17.0 Å². The fourth-order valence-electron chi connectivity index (χ4n) is 3.98. The van der Waals surface area contributed by atoms with Gasteiger partial charge in [-0.05, 0) is 60.0 Å². The summed E-state index contributed by atoms with van der Waals surface area (Å²) in [6, 6.07) is 9.48. The van der Waals surface area contributed by atoms with Crippen LogP contribution < -0.4 is 14.8 Å². The monoisotopic (exact) mass is 590 g/mol. The zero-order valence-electron chi connectivity index (χ0n) is 21.0. The molecule has 1 unspecified atom stereocenters. The second-order valence-corrected chi connectivity index (χ2v) is 10.1. The van der Waals surface area contributed by atoms with E-state index in [1.54, 1.807) is 41.6 Å². The third-order valence-corrected chi connectivity index (χ3v) is 7.28. The lowest BCUT2D eigenvalue weighted by molar-refractivity contribution is -0.136. The largest absolute Gasteiger partial charge is 0.490 e. The molecule has 1 aromatic heterocycles. The maximum absolute atomic E-state index is 14.2. The highest BCUT2D eigenvalue weighted by Crippen LogP contribution is 2.43. The number of rotatable bonds is 10. The molecule has 11 heteroatoms. The van der Waals surface area contributed by atoms with Gasteiger partial charge in [0.05, 0.1) is 23.8 Å². The lowest BCUT2D eigenvalue weighted by atomic mass is 9.95. The molecule has 8 nitrogen and oxygen atoms in total. The molecule has 0 saturated heterocycles. The lowest BCUT2D eigenvalue weighted by Crippen LogP contribution is -2.29. The van der Waals surface area contributed by atoms with Crippen LogP contribution in [0.4, 0.5) is 10.3 Å². The summed E-state index contributed by atoms with van der Waals surface area (Å²) in [5.41, 5.74) is 2.17. The molecule has 0 saturated carbocycles. The van der Waals surface area contributed by atoms with Gasteiger partial charge < -0.3 is 19.5 Å². The van der Waals surface area contributed by atoms with E-state index in [0.29, 0.717) is 56.1 Å². The first kappa shape index (κ1) is 27.0. The van der Waals surface area contributed by atoms with Crippen molar-refractivity contribution in [3.05, 3.63) is 69.1 Å². The average molecular weight is 592 g/mol. The summed E-state index contributed by atoms with van der Waals surface area (Å²) in [6.07, 6.45) is 0.981. The smallest absolute Gasteiger partial charge is 0.338 e. The van der Waals surface area contributed by atoms with E-state index in [9.17, 15) is 9.18 Å². The molecule has 3 aromatic rings. The summed E-state index contributed by atoms with van der Waals surface area (Å²) in [7, 11) is 1.35. The maximum atomic E-state index is 14.2. The summed E-state index contributed by atoms with van der Waals surface area (Å²) in [5.74, 6) is 1.46. The Morgan fingerprint density at radius 2 is 2.03 bits per heavy atom. The molecule has 1 atom stereocenters. The van der Waals surface area contributed by atoms with Crippen LogP contribution in [0.2, 0.25) is 0 Å². The number of hydrogen-bond acceptors (Lipinski definition) is 8. The zero-order valence-corrected chi connectivity index (χ0v) is 23.4. The molecule has 0 aliphatic carbocycles. The Balaban J connectivity index is 1.78. The van der Waals surface area contributed by atoms with Gasteiger partial charge in [0.15, 0.2) is 11.5 Å². The molecule has 2 aromatic carbocycles. The molecule has 1 aliphatic rings. The number of esters is 1.